The largest absolute Gasteiger partial charge is 0.508 e. The number of phenols is 2. The van der Waals surface area contributed by atoms with Gasteiger partial charge in [-0.2, -0.15) is 0 Å². The van der Waals surface area contributed by atoms with Crippen molar-refractivity contribution in [3.05, 3.63) is 59.7 Å². The molecule has 2 aromatic rings. The lowest BCUT2D eigenvalue weighted by Gasteiger charge is -2.29. The highest BCUT2D eigenvalue weighted by atomic mass is 16.4. The van der Waals surface area contributed by atoms with E-state index in [0.717, 1.165) is 0 Å². The summed E-state index contributed by atoms with van der Waals surface area (Å²) in [7, 11) is 0. The van der Waals surface area contributed by atoms with Crippen molar-refractivity contribution in [1.29, 1.82) is 0 Å². The first-order chi connectivity index (χ1) is 19.6. The number of carbonyl (C=O) groups excluding carboxylic acids is 3. The molecule has 12 nitrogen and oxygen atoms in total. The molecule has 222 valence electrons. The van der Waals surface area contributed by atoms with Gasteiger partial charge < -0.3 is 42.3 Å². The number of carbonyl (C=O) groups is 4. The van der Waals surface area contributed by atoms with Crippen LogP contribution in [0.3, 0.4) is 0 Å². The van der Waals surface area contributed by atoms with Gasteiger partial charge in [0.2, 0.25) is 17.7 Å². The zero-order valence-corrected chi connectivity index (χ0v) is 22.9. The van der Waals surface area contributed by atoms with Crippen LogP contribution in [0, 0.1) is 0 Å². The topological polar surface area (TPSA) is 208 Å². The smallest absolute Gasteiger partial charge is 0.326 e. The first-order valence-corrected chi connectivity index (χ1v) is 13.7. The fraction of sp³-hybridized carbons (Fsp3) is 0.448. The van der Waals surface area contributed by atoms with E-state index >= 15 is 0 Å². The number of likely N-dealkylation sites (tertiary alicyclic amines) is 1. The Labute approximate surface area is 238 Å². The van der Waals surface area contributed by atoms with Gasteiger partial charge in [0, 0.05) is 13.0 Å². The minimum absolute atomic E-state index is 0.0406. The predicted octanol–water partition coefficient (Wildman–Crippen LogP) is 0.385. The van der Waals surface area contributed by atoms with Crippen molar-refractivity contribution >= 4 is 23.7 Å². The Bertz CT molecular complexity index is 1190. The maximum absolute atomic E-state index is 13.6. The first-order valence-electron chi connectivity index (χ1n) is 13.7. The molecule has 1 aliphatic heterocycles. The number of benzene rings is 2. The zero-order valence-electron chi connectivity index (χ0n) is 22.9. The lowest BCUT2D eigenvalue weighted by molar-refractivity contribution is -0.149. The van der Waals surface area contributed by atoms with Crippen molar-refractivity contribution in [2.75, 3.05) is 13.1 Å². The second-order valence-corrected chi connectivity index (χ2v) is 10.3. The minimum atomic E-state index is -1.11. The van der Waals surface area contributed by atoms with E-state index in [9.17, 15) is 34.5 Å². The molecule has 0 radical (unpaired) electrons. The molecule has 0 saturated carbocycles. The molecule has 1 heterocycles. The molecule has 0 bridgehead atoms. The summed E-state index contributed by atoms with van der Waals surface area (Å²) in [5.41, 5.74) is 13.1. The summed E-state index contributed by atoms with van der Waals surface area (Å²) in [5, 5.41) is 34.1. The number of hydrogen-bond acceptors (Lipinski definition) is 8. The number of unbranched alkanes of at least 4 members (excludes halogenated alkanes) is 1. The van der Waals surface area contributed by atoms with Gasteiger partial charge in [0.05, 0.1) is 6.04 Å². The van der Waals surface area contributed by atoms with E-state index in [0.29, 0.717) is 43.4 Å². The van der Waals surface area contributed by atoms with Crippen LogP contribution in [-0.2, 0) is 32.0 Å². The number of hydrogen-bond donors (Lipinski definition) is 7. The number of amides is 3. The Morgan fingerprint density at radius 2 is 1.41 bits per heavy atom. The van der Waals surface area contributed by atoms with Crippen LogP contribution in [0.2, 0.25) is 0 Å². The fourth-order valence-corrected chi connectivity index (χ4v) is 4.84. The van der Waals surface area contributed by atoms with Crippen molar-refractivity contribution < 1.29 is 34.5 Å². The van der Waals surface area contributed by atoms with E-state index in [4.69, 9.17) is 11.5 Å². The zero-order chi connectivity index (χ0) is 29.9. The number of phenolic OH excluding ortho intramolecular Hbond substituents is 2. The number of carboxylic acids is 1. The monoisotopic (exact) mass is 569 g/mol. The standard InChI is InChI=1S/C29H39N5O7/c30-14-2-1-4-23(28(39)34-15-3-5-25(34)29(40)41)32-27(38)24(17-19-8-12-21(36)13-9-19)33-26(37)22(31)16-18-6-10-20(35)11-7-18/h6-13,22-25,35-36H,1-5,14-17,30-31H2,(H,32,38)(H,33,37)(H,40,41). The summed E-state index contributed by atoms with van der Waals surface area (Å²) < 4.78 is 0. The second kappa shape index (κ2) is 15.0. The van der Waals surface area contributed by atoms with Gasteiger partial charge in [-0.3, -0.25) is 14.4 Å². The summed E-state index contributed by atoms with van der Waals surface area (Å²) in [5.74, 6) is -2.67. The van der Waals surface area contributed by atoms with Crippen molar-refractivity contribution in [1.82, 2.24) is 15.5 Å². The van der Waals surface area contributed by atoms with Gasteiger partial charge in [-0.25, -0.2) is 4.79 Å². The van der Waals surface area contributed by atoms with Crippen LogP contribution >= 0.6 is 0 Å². The minimum Gasteiger partial charge on any atom is -0.508 e. The Kier molecular flexibility index (Phi) is 11.5. The highest BCUT2D eigenvalue weighted by Gasteiger charge is 2.38. The number of nitrogens with one attached hydrogen (secondary N) is 2. The molecule has 0 aromatic heterocycles. The molecule has 0 spiro atoms. The number of nitrogens with zero attached hydrogens (tertiary/aromatic N) is 1. The Morgan fingerprint density at radius 3 is 1.98 bits per heavy atom. The Balaban J connectivity index is 1.78. The van der Waals surface area contributed by atoms with Crippen LogP contribution in [-0.4, -0.2) is 81.2 Å². The van der Waals surface area contributed by atoms with Crippen LogP contribution in [0.1, 0.15) is 43.2 Å². The third-order valence-electron chi connectivity index (χ3n) is 7.12. The molecule has 4 unspecified atom stereocenters. The third kappa shape index (κ3) is 9.19. The fourth-order valence-electron chi connectivity index (χ4n) is 4.84. The molecule has 4 atom stereocenters. The van der Waals surface area contributed by atoms with Crippen LogP contribution in [0.15, 0.2) is 48.5 Å². The second-order valence-electron chi connectivity index (χ2n) is 10.3. The van der Waals surface area contributed by atoms with Crippen molar-refractivity contribution in [2.45, 2.75) is 69.1 Å². The molecule has 9 N–H and O–H groups in total. The van der Waals surface area contributed by atoms with E-state index in [-0.39, 0.29) is 37.3 Å². The van der Waals surface area contributed by atoms with Gasteiger partial charge in [0.25, 0.3) is 0 Å². The van der Waals surface area contributed by atoms with Gasteiger partial charge in [0.15, 0.2) is 0 Å². The molecule has 12 heteroatoms. The molecule has 1 aliphatic rings. The van der Waals surface area contributed by atoms with Gasteiger partial charge in [-0.05, 0) is 80.5 Å². The lowest BCUT2D eigenvalue weighted by atomic mass is 10.0. The summed E-state index contributed by atoms with van der Waals surface area (Å²) in [6.07, 6.45) is 2.49. The average molecular weight is 570 g/mol. The Hall–Kier alpha value is -4.16. The maximum Gasteiger partial charge on any atom is 0.326 e. The highest BCUT2D eigenvalue weighted by molar-refractivity contribution is 5.94. The van der Waals surface area contributed by atoms with E-state index in [1.807, 2.05) is 0 Å². The molecule has 1 fully saturated rings. The van der Waals surface area contributed by atoms with E-state index in [2.05, 4.69) is 10.6 Å². The maximum atomic E-state index is 13.6. The normalized spacial score (nSPS) is 16.9. The van der Waals surface area contributed by atoms with Crippen LogP contribution < -0.4 is 22.1 Å². The van der Waals surface area contributed by atoms with E-state index in [1.54, 1.807) is 24.3 Å². The van der Waals surface area contributed by atoms with E-state index in [1.165, 1.54) is 29.2 Å². The molecule has 1 saturated heterocycles. The number of nitrogens with two attached hydrogens (primary N) is 2. The lowest BCUT2D eigenvalue weighted by Crippen LogP contribution is -2.57. The van der Waals surface area contributed by atoms with Gasteiger partial charge in [-0.15, -0.1) is 0 Å². The number of aliphatic carboxylic acids is 1. The number of aromatic hydroxyl groups is 2. The number of carboxylic acid groups (broad SMARTS) is 1. The van der Waals surface area contributed by atoms with Crippen LogP contribution in [0.5, 0.6) is 11.5 Å². The van der Waals surface area contributed by atoms with Crippen molar-refractivity contribution in [3.63, 3.8) is 0 Å². The summed E-state index contributed by atoms with van der Waals surface area (Å²) in [6.45, 7) is 0.674. The molecule has 3 amide bonds. The molecule has 41 heavy (non-hydrogen) atoms. The Morgan fingerprint density at radius 1 is 0.854 bits per heavy atom. The SMILES string of the molecule is NCCCCC(NC(=O)C(Cc1ccc(O)cc1)NC(=O)C(N)Cc1ccc(O)cc1)C(=O)N1CCCC1C(=O)O. The van der Waals surface area contributed by atoms with Gasteiger partial charge in [-0.1, -0.05) is 24.3 Å². The number of rotatable bonds is 14. The van der Waals surface area contributed by atoms with Crippen molar-refractivity contribution in [3.8, 4) is 11.5 Å². The van der Waals surface area contributed by atoms with Gasteiger partial charge >= 0.3 is 5.97 Å². The summed E-state index contributed by atoms with van der Waals surface area (Å²) in [4.78, 5) is 53.1. The van der Waals surface area contributed by atoms with E-state index < -0.39 is 47.9 Å². The molecule has 0 aliphatic carbocycles. The summed E-state index contributed by atoms with van der Waals surface area (Å²) >= 11 is 0. The summed E-state index contributed by atoms with van der Waals surface area (Å²) in [6, 6.07) is 8.33. The predicted molar refractivity (Wildman–Crippen MR) is 151 cm³/mol. The average Bonchev–Trinajstić information content (AvgIpc) is 3.44. The van der Waals surface area contributed by atoms with Crippen LogP contribution in [0.25, 0.3) is 0 Å². The molecule has 3 rings (SSSR count). The molecular weight excluding hydrogens is 530 g/mol. The molecular formula is C29H39N5O7. The quantitative estimate of drug-likeness (QED) is 0.157. The third-order valence-corrected chi connectivity index (χ3v) is 7.12. The first kappa shape index (κ1) is 31.4. The van der Waals surface area contributed by atoms with Crippen LogP contribution in [0.4, 0.5) is 0 Å². The highest BCUT2D eigenvalue weighted by Crippen LogP contribution is 2.20. The van der Waals surface area contributed by atoms with Gasteiger partial charge in [0.1, 0.15) is 29.6 Å². The molecule has 2 aromatic carbocycles. The van der Waals surface area contributed by atoms with Crippen molar-refractivity contribution in [2.24, 2.45) is 11.5 Å².